The summed E-state index contributed by atoms with van der Waals surface area (Å²) in [6.07, 6.45) is -0.541. The lowest BCUT2D eigenvalue weighted by molar-refractivity contribution is 0.0225. The van der Waals surface area contributed by atoms with E-state index in [1.54, 1.807) is 0 Å². The number of ether oxygens (including phenoxy) is 1. The first-order valence-electron chi connectivity index (χ1n) is 4.72. The molecule has 0 amide bonds. The second-order valence-electron chi connectivity index (χ2n) is 4.23. The lowest BCUT2D eigenvalue weighted by Crippen LogP contribution is -2.45. The van der Waals surface area contributed by atoms with E-state index in [1.165, 1.54) is 0 Å². The first-order chi connectivity index (χ1) is 6.92. The largest absolute Gasteiger partial charge is 0.486 e. The predicted molar refractivity (Wildman–Crippen MR) is 66.5 cm³/mol. The smallest absolute Gasteiger partial charge is 0.126 e. The molecule has 1 aliphatic rings. The Labute approximate surface area is 106 Å². The van der Waals surface area contributed by atoms with Gasteiger partial charge in [-0.3, -0.25) is 0 Å². The molecular weight excluding hydrogens is 324 g/mol. The minimum absolute atomic E-state index is 0.105. The van der Waals surface area contributed by atoms with Crippen LogP contribution in [-0.2, 0) is 0 Å². The van der Waals surface area contributed by atoms with Crippen molar-refractivity contribution in [3.63, 3.8) is 0 Å². The maximum atomic E-state index is 10.1. The fourth-order valence-corrected chi connectivity index (χ4v) is 2.48. The molecule has 0 radical (unpaired) electrons. The maximum Gasteiger partial charge on any atom is 0.126 e. The molecule has 15 heavy (non-hydrogen) atoms. The van der Waals surface area contributed by atoms with Crippen molar-refractivity contribution in [2.45, 2.75) is 30.4 Å². The molecule has 82 valence electrons. The number of hydrogen-bond donors (Lipinski definition) is 1. The number of halogens is 2. The molecule has 4 heteroatoms. The fourth-order valence-electron chi connectivity index (χ4n) is 1.72. The summed E-state index contributed by atoms with van der Waals surface area (Å²) in [6, 6.07) is 5.68. The lowest BCUT2D eigenvalue weighted by Gasteiger charge is -2.40. The third-order valence-corrected chi connectivity index (χ3v) is 4.70. The predicted octanol–water partition coefficient (Wildman–Crippen LogP) is 3.42. The minimum atomic E-state index is -0.541. The molecule has 0 aromatic heterocycles. The van der Waals surface area contributed by atoms with E-state index in [1.807, 2.05) is 32.0 Å². The molecule has 0 fully saturated rings. The minimum Gasteiger partial charge on any atom is -0.486 e. The van der Waals surface area contributed by atoms with Gasteiger partial charge in [0.2, 0.25) is 0 Å². The van der Waals surface area contributed by atoms with Crippen LogP contribution in [0, 0.1) is 0 Å². The van der Waals surface area contributed by atoms with Crippen LogP contribution in [0.15, 0.2) is 22.7 Å². The molecule has 0 unspecified atom stereocenters. The van der Waals surface area contributed by atoms with Gasteiger partial charge in [-0.2, -0.15) is 0 Å². The van der Waals surface area contributed by atoms with Gasteiger partial charge in [0.1, 0.15) is 11.4 Å². The molecule has 2 atom stereocenters. The highest BCUT2D eigenvalue weighted by molar-refractivity contribution is 9.10. The summed E-state index contributed by atoms with van der Waals surface area (Å²) >= 11 is 6.86. The Balaban J connectivity index is 2.50. The summed E-state index contributed by atoms with van der Waals surface area (Å²) in [5.41, 5.74) is 0.422. The third kappa shape index (κ3) is 1.95. The molecule has 1 aliphatic heterocycles. The van der Waals surface area contributed by atoms with Gasteiger partial charge in [0, 0.05) is 10.0 Å². The van der Waals surface area contributed by atoms with Crippen LogP contribution in [0.2, 0.25) is 0 Å². The van der Waals surface area contributed by atoms with Crippen LogP contribution in [0.4, 0.5) is 0 Å². The van der Waals surface area contributed by atoms with Crippen LogP contribution >= 0.6 is 31.9 Å². The molecular formula is C11H12Br2O2. The summed E-state index contributed by atoms with van der Waals surface area (Å²) in [6.45, 7) is 3.92. The molecule has 2 nitrogen and oxygen atoms in total. The van der Waals surface area contributed by atoms with Gasteiger partial charge in [0.25, 0.3) is 0 Å². The molecule has 0 spiro atoms. The fraction of sp³-hybridized carbons (Fsp3) is 0.455. The summed E-state index contributed by atoms with van der Waals surface area (Å²) in [7, 11) is 0. The molecule has 0 saturated carbocycles. The number of alkyl halides is 1. The average molecular weight is 336 g/mol. The van der Waals surface area contributed by atoms with E-state index in [-0.39, 0.29) is 4.83 Å². The number of benzene rings is 1. The van der Waals surface area contributed by atoms with Crippen molar-refractivity contribution in [2.24, 2.45) is 0 Å². The van der Waals surface area contributed by atoms with E-state index in [9.17, 15) is 5.11 Å². The Kier molecular flexibility index (Phi) is 2.86. The van der Waals surface area contributed by atoms with Gasteiger partial charge in [0.15, 0.2) is 0 Å². The average Bonchev–Trinajstić information content (AvgIpc) is 2.16. The Morgan fingerprint density at radius 2 is 2.07 bits per heavy atom. The van der Waals surface area contributed by atoms with Crippen molar-refractivity contribution in [1.29, 1.82) is 0 Å². The highest BCUT2D eigenvalue weighted by Crippen LogP contribution is 2.43. The monoisotopic (exact) mass is 334 g/mol. The van der Waals surface area contributed by atoms with Gasteiger partial charge in [-0.25, -0.2) is 0 Å². The number of fused-ring (bicyclic) bond motifs is 1. The standard InChI is InChI=1S/C11H12Br2O2/c1-11(2)10(13)9(14)7-5-6(12)3-4-8(7)15-11/h3-5,9-10,14H,1-2H3/t9-,10+/m1/s1. The van der Waals surface area contributed by atoms with Crippen LogP contribution in [0.1, 0.15) is 25.5 Å². The number of aliphatic hydroxyl groups is 1. The van der Waals surface area contributed by atoms with Gasteiger partial charge < -0.3 is 9.84 Å². The Hall–Kier alpha value is -0.0600. The van der Waals surface area contributed by atoms with Crippen molar-refractivity contribution in [1.82, 2.24) is 0 Å². The molecule has 0 aliphatic carbocycles. The SMILES string of the molecule is CC1(C)Oc2ccc(Br)cc2[C@@H](O)[C@@H]1Br. The normalized spacial score (nSPS) is 28.1. The topological polar surface area (TPSA) is 29.5 Å². The van der Waals surface area contributed by atoms with Gasteiger partial charge >= 0.3 is 0 Å². The van der Waals surface area contributed by atoms with Crippen LogP contribution in [0.5, 0.6) is 5.75 Å². The highest BCUT2D eigenvalue weighted by atomic mass is 79.9. The second-order valence-corrected chi connectivity index (χ2v) is 6.14. The quantitative estimate of drug-likeness (QED) is 0.736. The maximum absolute atomic E-state index is 10.1. The lowest BCUT2D eigenvalue weighted by atomic mass is 9.92. The highest BCUT2D eigenvalue weighted by Gasteiger charge is 2.41. The summed E-state index contributed by atoms with van der Waals surface area (Å²) in [4.78, 5) is -0.105. The zero-order chi connectivity index (χ0) is 11.2. The van der Waals surface area contributed by atoms with E-state index in [2.05, 4.69) is 31.9 Å². The number of hydrogen-bond acceptors (Lipinski definition) is 2. The molecule has 1 heterocycles. The molecule has 0 bridgehead atoms. The summed E-state index contributed by atoms with van der Waals surface area (Å²) in [5, 5.41) is 10.1. The van der Waals surface area contributed by atoms with E-state index in [4.69, 9.17) is 4.74 Å². The van der Waals surface area contributed by atoms with E-state index >= 15 is 0 Å². The zero-order valence-electron chi connectivity index (χ0n) is 8.50. The molecule has 2 rings (SSSR count). The first-order valence-corrected chi connectivity index (χ1v) is 6.43. The Bertz CT molecular complexity index is 390. The summed E-state index contributed by atoms with van der Waals surface area (Å²) in [5.74, 6) is 0.756. The van der Waals surface area contributed by atoms with Crippen molar-refractivity contribution in [3.05, 3.63) is 28.2 Å². The van der Waals surface area contributed by atoms with Crippen LogP contribution in [0.25, 0.3) is 0 Å². The van der Waals surface area contributed by atoms with Gasteiger partial charge in [-0.15, -0.1) is 0 Å². The van der Waals surface area contributed by atoms with Crippen LogP contribution in [-0.4, -0.2) is 15.5 Å². The summed E-state index contributed by atoms with van der Waals surface area (Å²) < 4.78 is 6.78. The molecule has 0 saturated heterocycles. The van der Waals surface area contributed by atoms with Gasteiger partial charge in [0.05, 0.1) is 10.9 Å². The van der Waals surface area contributed by atoms with Crippen molar-refractivity contribution in [2.75, 3.05) is 0 Å². The van der Waals surface area contributed by atoms with E-state index in [0.717, 1.165) is 15.8 Å². The Morgan fingerprint density at radius 1 is 1.40 bits per heavy atom. The second kappa shape index (κ2) is 3.75. The van der Waals surface area contributed by atoms with E-state index in [0.29, 0.717) is 0 Å². The van der Waals surface area contributed by atoms with Crippen molar-refractivity contribution in [3.8, 4) is 5.75 Å². The van der Waals surface area contributed by atoms with Gasteiger partial charge in [-0.1, -0.05) is 31.9 Å². The van der Waals surface area contributed by atoms with Crippen LogP contribution in [0.3, 0.4) is 0 Å². The number of aliphatic hydroxyl groups excluding tert-OH is 1. The first kappa shape index (κ1) is 11.4. The molecule has 1 aromatic carbocycles. The molecule has 1 aromatic rings. The van der Waals surface area contributed by atoms with E-state index < -0.39 is 11.7 Å². The van der Waals surface area contributed by atoms with Gasteiger partial charge in [-0.05, 0) is 32.0 Å². The number of rotatable bonds is 0. The third-order valence-electron chi connectivity index (χ3n) is 2.60. The van der Waals surface area contributed by atoms with Crippen molar-refractivity contribution < 1.29 is 9.84 Å². The van der Waals surface area contributed by atoms with Crippen molar-refractivity contribution >= 4 is 31.9 Å². The molecule has 1 N–H and O–H groups in total. The zero-order valence-corrected chi connectivity index (χ0v) is 11.7. The van der Waals surface area contributed by atoms with Crippen LogP contribution < -0.4 is 4.74 Å². The Morgan fingerprint density at radius 3 is 2.73 bits per heavy atom.